The second-order valence-electron chi connectivity index (χ2n) is 5.55. The first-order valence-electron chi connectivity index (χ1n) is 7.61. The Morgan fingerprint density at radius 2 is 1.85 bits per heavy atom. The van der Waals surface area contributed by atoms with Crippen molar-refractivity contribution in [3.8, 4) is 5.69 Å². The van der Waals surface area contributed by atoms with Crippen LogP contribution in [0.5, 0.6) is 0 Å². The van der Waals surface area contributed by atoms with Crippen molar-refractivity contribution in [2.45, 2.75) is 4.90 Å². The molecule has 0 aliphatic rings. The minimum Gasteiger partial charge on any atom is -0.280 e. The predicted molar refractivity (Wildman–Crippen MR) is 102 cm³/mol. The summed E-state index contributed by atoms with van der Waals surface area (Å²) in [5.74, 6) is 0. The maximum Gasteiger partial charge on any atom is 0.365 e. The van der Waals surface area contributed by atoms with Gasteiger partial charge in [0.05, 0.1) is 10.6 Å². The van der Waals surface area contributed by atoms with Crippen molar-refractivity contribution in [3.05, 3.63) is 69.8 Å². The van der Waals surface area contributed by atoms with Gasteiger partial charge in [-0.25, -0.2) is 18.3 Å². The monoisotopic (exact) mass is 446 g/mol. The first kappa shape index (κ1) is 17.4. The number of aromatic nitrogens is 5. The molecule has 0 fully saturated rings. The number of pyridine rings is 1. The molecule has 0 bridgehead atoms. The highest BCUT2D eigenvalue weighted by Crippen LogP contribution is 2.30. The van der Waals surface area contributed by atoms with Gasteiger partial charge in [0, 0.05) is 33.3 Å². The third kappa shape index (κ3) is 3.22. The fourth-order valence-corrected chi connectivity index (χ4v) is 4.63. The Morgan fingerprint density at radius 1 is 1.07 bits per heavy atom. The maximum absolute atomic E-state index is 12.9. The van der Waals surface area contributed by atoms with Gasteiger partial charge in [0.2, 0.25) is 0 Å². The normalized spacial score (nSPS) is 11.6. The SMILES string of the molecule is O=c1[nH]nnn1-c1ccc(NS(=O)(=O)c2cccc3cncc(Br)c23)cc1. The van der Waals surface area contributed by atoms with E-state index in [1.54, 1.807) is 36.7 Å². The largest absolute Gasteiger partial charge is 0.365 e. The van der Waals surface area contributed by atoms with E-state index >= 15 is 0 Å². The molecule has 2 heterocycles. The average molecular weight is 447 g/mol. The second kappa shape index (κ2) is 6.59. The van der Waals surface area contributed by atoms with Gasteiger partial charge in [-0.05, 0) is 56.7 Å². The van der Waals surface area contributed by atoms with Crippen molar-refractivity contribution in [2.24, 2.45) is 0 Å². The molecule has 4 aromatic rings. The number of sulfonamides is 1. The summed E-state index contributed by atoms with van der Waals surface area (Å²) in [6, 6.07) is 11.2. The standard InChI is InChI=1S/C16H11BrN6O3S/c17-13-9-18-8-10-2-1-3-14(15(10)13)27(25,26)20-11-4-6-12(7-5-11)23-16(24)19-21-22-23/h1-9,20H,(H,19,22,24). The van der Waals surface area contributed by atoms with Gasteiger partial charge in [-0.1, -0.05) is 12.1 Å². The van der Waals surface area contributed by atoms with E-state index in [0.717, 1.165) is 4.68 Å². The molecular formula is C16H11BrN6O3S. The van der Waals surface area contributed by atoms with E-state index in [0.29, 0.717) is 26.6 Å². The van der Waals surface area contributed by atoms with E-state index in [1.807, 2.05) is 0 Å². The van der Waals surface area contributed by atoms with Crippen molar-refractivity contribution in [1.29, 1.82) is 0 Å². The van der Waals surface area contributed by atoms with E-state index in [2.05, 4.69) is 41.2 Å². The highest BCUT2D eigenvalue weighted by molar-refractivity contribution is 9.10. The van der Waals surface area contributed by atoms with Crippen LogP contribution in [0.25, 0.3) is 16.5 Å². The topological polar surface area (TPSA) is 123 Å². The van der Waals surface area contributed by atoms with Crippen LogP contribution in [-0.2, 0) is 10.0 Å². The Kier molecular flexibility index (Phi) is 4.24. The smallest absolute Gasteiger partial charge is 0.280 e. The zero-order valence-electron chi connectivity index (χ0n) is 13.5. The summed E-state index contributed by atoms with van der Waals surface area (Å²) in [5.41, 5.74) is 0.311. The third-order valence-electron chi connectivity index (χ3n) is 3.82. The summed E-state index contributed by atoms with van der Waals surface area (Å²) in [7, 11) is -3.85. The first-order chi connectivity index (χ1) is 13.0. The number of fused-ring (bicyclic) bond motifs is 1. The van der Waals surface area contributed by atoms with Gasteiger partial charge in [-0.3, -0.25) is 9.71 Å². The number of benzene rings is 2. The van der Waals surface area contributed by atoms with Crippen molar-refractivity contribution < 1.29 is 8.42 Å². The molecule has 2 aromatic carbocycles. The summed E-state index contributed by atoms with van der Waals surface area (Å²) in [6.07, 6.45) is 3.15. The quantitative estimate of drug-likeness (QED) is 0.494. The van der Waals surface area contributed by atoms with Gasteiger partial charge in [-0.15, -0.1) is 0 Å². The van der Waals surface area contributed by atoms with Crippen molar-refractivity contribution in [3.63, 3.8) is 0 Å². The lowest BCUT2D eigenvalue weighted by Crippen LogP contribution is -2.16. The molecule has 11 heteroatoms. The van der Waals surface area contributed by atoms with Crippen LogP contribution >= 0.6 is 15.9 Å². The average Bonchev–Trinajstić information content (AvgIpc) is 3.08. The molecule has 9 nitrogen and oxygen atoms in total. The number of aromatic amines is 1. The fourth-order valence-electron chi connectivity index (χ4n) is 2.63. The fraction of sp³-hybridized carbons (Fsp3) is 0. The van der Waals surface area contributed by atoms with Gasteiger partial charge in [0.1, 0.15) is 0 Å². The van der Waals surface area contributed by atoms with Crippen LogP contribution in [0.3, 0.4) is 0 Å². The van der Waals surface area contributed by atoms with Crippen molar-refractivity contribution in [1.82, 2.24) is 25.2 Å². The van der Waals surface area contributed by atoms with Gasteiger partial charge >= 0.3 is 5.69 Å². The summed E-state index contributed by atoms with van der Waals surface area (Å²) in [5, 5.41) is 10.5. The number of halogens is 1. The molecule has 0 unspecified atom stereocenters. The number of nitrogens with zero attached hydrogens (tertiary/aromatic N) is 4. The Bertz CT molecular complexity index is 1290. The molecule has 0 atom stereocenters. The second-order valence-corrected chi connectivity index (χ2v) is 8.05. The van der Waals surface area contributed by atoms with Crippen LogP contribution in [0.4, 0.5) is 5.69 Å². The summed E-state index contributed by atoms with van der Waals surface area (Å²) < 4.78 is 30.0. The Morgan fingerprint density at radius 3 is 2.56 bits per heavy atom. The number of hydrogen-bond donors (Lipinski definition) is 2. The molecule has 0 aliphatic heterocycles. The molecule has 0 spiro atoms. The molecule has 2 aromatic heterocycles. The zero-order valence-corrected chi connectivity index (χ0v) is 15.9. The molecule has 27 heavy (non-hydrogen) atoms. The van der Waals surface area contributed by atoms with Crippen LogP contribution in [0.2, 0.25) is 0 Å². The molecule has 0 radical (unpaired) electrons. The molecule has 0 aliphatic carbocycles. The van der Waals surface area contributed by atoms with Crippen molar-refractivity contribution in [2.75, 3.05) is 4.72 Å². The number of rotatable bonds is 4. The van der Waals surface area contributed by atoms with E-state index in [4.69, 9.17) is 0 Å². The summed E-state index contributed by atoms with van der Waals surface area (Å²) in [4.78, 5) is 15.7. The van der Waals surface area contributed by atoms with Crippen LogP contribution in [0, 0.1) is 0 Å². The van der Waals surface area contributed by atoms with Gasteiger partial charge in [-0.2, -0.15) is 4.68 Å². The minimum absolute atomic E-state index is 0.131. The van der Waals surface area contributed by atoms with E-state index in [9.17, 15) is 13.2 Å². The van der Waals surface area contributed by atoms with Gasteiger partial charge in [0.15, 0.2) is 0 Å². The Balaban J connectivity index is 1.71. The van der Waals surface area contributed by atoms with Crippen LogP contribution in [0.1, 0.15) is 0 Å². The lowest BCUT2D eigenvalue weighted by atomic mass is 10.2. The lowest BCUT2D eigenvalue weighted by Gasteiger charge is -2.11. The maximum atomic E-state index is 12.9. The molecule has 0 amide bonds. The van der Waals surface area contributed by atoms with Crippen LogP contribution in [-0.4, -0.2) is 33.6 Å². The molecular weight excluding hydrogens is 436 g/mol. The lowest BCUT2D eigenvalue weighted by molar-refractivity contribution is 0.602. The highest BCUT2D eigenvalue weighted by atomic mass is 79.9. The number of H-pyrrole nitrogens is 1. The zero-order chi connectivity index (χ0) is 19.0. The minimum atomic E-state index is -3.85. The van der Waals surface area contributed by atoms with E-state index in [1.165, 1.54) is 18.2 Å². The molecule has 0 saturated heterocycles. The molecule has 4 rings (SSSR count). The summed E-state index contributed by atoms with van der Waals surface area (Å²) in [6.45, 7) is 0. The van der Waals surface area contributed by atoms with Crippen LogP contribution in [0.15, 0.2) is 69.0 Å². The number of tetrazole rings is 1. The number of hydrogen-bond acceptors (Lipinski definition) is 6. The first-order valence-corrected chi connectivity index (χ1v) is 9.89. The van der Waals surface area contributed by atoms with Crippen molar-refractivity contribution >= 4 is 42.4 Å². The molecule has 2 N–H and O–H groups in total. The van der Waals surface area contributed by atoms with E-state index < -0.39 is 15.7 Å². The third-order valence-corrected chi connectivity index (χ3v) is 5.85. The molecule has 136 valence electrons. The summed E-state index contributed by atoms with van der Waals surface area (Å²) >= 11 is 3.36. The number of nitrogens with one attached hydrogen (secondary N) is 2. The van der Waals surface area contributed by atoms with Gasteiger partial charge in [0.25, 0.3) is 10.0 Å². The van der Waals surface area contributed by atoms with E-state index in [-0.39, 0.29) is 4.90 Å². The highest BCUT2D eigenvalue weighted by Gasteiger charge is 2.19. The Labute approximate surface area is 161 Å². The Hall–Kier alpha value is -3.05. The van der Waals surface area contributed by atoms with Crippen LogP contribution < -0.4 is 10.4 Å². The van der Waals surface area contributed by atoms with Gasteiger partial charge < -0.3 is 0 Å². The predicted octanol–water partition coefficient (Wildman–Crippen LogP) is 2.07. The number of anilines is 1. The molecule has 0 saturated carbocycles.